The van der Waals surface area contributed by atoms with Crippen LogP contribution in [0.1, 0.15) is 5.56 Å². The van der Waals surface area contributed by atoms with E-state index in [4.69, 9.17) is 0 Å². The Labute approximate surface area is 91.3 Å². The standard InChI is InChI=1S/C10H10N6/c1-3-14-16-4-2-9(15-10(1)16)11-5-8-6-12-13-7-8/h1-4,6-7H,5H2,(H,11,15)(H,12,13). The Hall–Kier alpha value is -2.37. The average molecular weight is 214 g/mol. The first-order valence-corrected chi connectivity index (χ1v) is 4.94. The van der Waals surface area contributed by atoms with Crippen molar-refractivity contribution < 1.29 is 0 Å². The van der Waals surface area contributed by atoms with Crippen LogP contribution in [-0.2, 0) is 6.54 Å². The molecule has 0 aromatic carbocycles. The van der Waals surface area contributed by atoms with E-state index in [0.717, 1.165) is 17.0 Å². The average Bonchev–Trinajstić information content (AvgIpc) is 2.97. The number of rotatable bonds is 3. The van der Waals surface area contributed by atoms with Gasteiger partial charge in [-0.1, -0.05) is 0 Å². The third-order valence-electron chi connectivity index (χ3n) is 2.29. The molecule has 0 radical (unpaired) electrons. The number of nitrogens with zero attached hydrogens (tertiary/aromatic N) is 4. The molecule has 0 unspecified atom stereocenters. The molecule has 3 rings (SSSR count). The summed E-state index contributed by atoms with van der Waals surface area (Å²) in [4.78, 5) is 4.39. The second-order valence-electron chi connectivity index (χ2n) is 3.41. The molecule has 6 heteroatoms. The van der Waals surface area contributed by atoms with E-state index in [9.17, 15) is 0 Å². The smallest absolute Gasteiger partial charge is 0.157 e. The Morgan fingerprint density at radius 2 is 2.38 bits per heavy atom. The first kappa shape index (κ1) is 8.90. The van der Waals surface area contributed by atoms with Gasteiger partial charge in [-0.3, -0.25) is 5.10 Å². The van der Waals surface area contributed by atoms with Crippen molar-refractivity contribution in [1.29, 1.82) is 0 Å². The molecule has 0 spiro atoms. The molecule has 2 N–H and O–H groups in total. The quantitative estimate of drug-likeness (QED) is 0.684. The molecule has 6 nitrogen and oxygen atoms in total. The zero-order valence-corrected chi connectivity index (χ0v) is 8.46. The summed E-state index contributed by atoms with van der Waals surface area (Å²) in [6.07, 6.45) is 7.23. The largest absolute Gasteiger partial charge is 0.366 e. The number of aromatic nitrogens is 5. The Bertz CT molecular complexity index is 582. The van der Waals surface area contributed by atoms with Crippen molar-refractivity contribution in [3.05, 3.63) is 42.5 Å². The molecule has 3 heterocycles. The SMILES string of the molecule is c1cc2nc(NCc3cn[nH]c3)ccn2n1. The first-order valence-electron chi connectivity index (χ1n) is 4.94. The summed E-state index contributed by atoms with van der Waals surface area (Å²) in [6, 6.07) is 3.75. The van der Waals surface area contributed by atoms with Crippen molar-refractivity contribution in [3.63, 3.8) is 0 Å². The van der Waals surface area contributed by atoms with E-state index in [1.165, 1.54) is 0 Å². The van der Waals surface area contributed by atoms with E-state index in [1.807, 2.05) is 24.5 Å². The number of hydrogen-bond acceptors (Lipinski definition) is 4. The summed E-state index contributed by atoms with van der Waals surface area (Å²) in [5, 5.41) is 13.9. The van der Waals surface area contributed by atoms with Crippen LogP contribution in [0.2, 0.25) is 0 Å². The van der Waals surface area contributed by atoms with Gasteiger partial charge in [-0.15, -0.1) is 0 Å². The molecule has 0 amide bonds. The van der Waals surface area contributed by atoms with Crippen molar-refractivity contribution >= 4 is 11.5 Å². The molecule has 0 saturated carbocycles. The zero-order valence-electron chi connectivity index (χ0n) is 8.46. The van der Waals surface area contributed by atoms with Gasteiger partial charge in [0.1, 0.15) is 5.82 Å². The summed E-state index contributed by atoms with van der Waals surface area (Å²) in [5.74, 6) is 0.828. The first-order chi connectivity index (χ1) is 7.92. The van der Waals surface area contributed by atoms with Gasteiger partial charge >= 0.3 is 0 Å². The number of hydrogen-bond donors (Lipinski definition) is 2. The lowest BCUT2D eigenvalue weighted by Crippen LogP contribution is -2.01. The second kappa shape index (κ2) is 3.65. The minimum atomic E-state index is 0.702. The highest BCUT2D eigenvalue weighted by atomic mass is 15.2. The number of H-pyrrole nitrogens is 1. The number of fused-ring (bicyclic) bond motifs is 1. The van der Waals surface area contributed by atoms with Crippen molar-refractivity contribution in [2.24, 2.45) is 0 Å². The van der Waals surface area contributed by atoms with Crippen LogP contribution < -0.4 is 5.32 Å². The molecule has 16 heavy (non-hydrogen) atoms. The molecule has 3 aromatic heterocycles. The summed E-state index contributed by atoms with van der Waals surface area (Å²) in [7, 11) is 0. The van der Waals surface area contributed by atoms with Gasteiger partial charge in [0.25, 0.3) is 0 Å². The van der Waals surface area contributed by atoms with E-state index in [-0.39, 0.29) is 0 Å². The van der Waals surface area contributed by atoms with Crippen LogP contribution in [0.4, 0.5) is 5.82 Å². The van der Waals surface area contributed by atoms with Crippen LogP contribution in [0, 0.1) is 0 Å². The lowest BCUT2D eigenvalue weighted by atomic mass is 10.3. The van der Waals surface area contributed by atoms with E-state index < -0.39 is 0 Å². The van der Waals surface area contributed by atoms with Crippen LogP contribution in [0.3, 0.4) is 0 Å². The number of nitrogens with one attached hydrogen (secondary N) is 2. The zero-order chi connectivity index (χ0) is 10.8. The van der Waals surface area contributed by atoms with Gasteiger partial charge in [0.2, 0.25) is 0 Å². The van der Waals surface area contributed by atoms with E-state index in [2.05, 4.69) is 25.6 Å². The van der Waals surface area contributed by atoms with E-state index >= 15 is 0 Å². The summed E-state index contributed by atoms with van der Waals surface area (Å²) < 4.78 is 1.73. The fraction of sp³-hybridized carbons (Fsp3) is 0.100. The molecule has 3 aromatic rings. The van der Waals surface area contributed by atoms with Crippen LogP contribution in [0.25, 0.3) is 5.65 Å². The molecular weight excluding hydrogens is 204 g/mol. The van der Waals surface area contributed by atoms with Gasteiger partial charge in [0.15, 0.2) is 5.65 Å². The van der Waals surface area contributed by atoms with Gasteiger partial charge in [-0.2, -0.15) is 10.2 Å². The third-order valence-corrected chi connectivity index (χ3v) is 2.29. The normalized spacial score (nSPS) is 10.8. The van der Waals surface area contributed by atoms with Gasteiger partial charge in [0.05, 0.1) is 12.4 Å². The van der Waals surface area contributed by atoms with Crippen molar-refractivity contribution in [3.8, 4) is 0 Å². The fourth-order valence-electron chi connectivity index (χ4n) is 1.48. The highest BCUT2D eigenvalue weighted by Gasteiger charge is 1.98. The Kier molecular flexibility index (Phi) is 2.03. The lowest BCUT2D eigenvalue weighted by Gasteiger charge is -2.03. The summed E-state index contributed by atoms with van der Waals surface area (Å²) in [5.41, 5.74) is 1.92. The summed E-state index contributed by atoms with van der Waals surface area (Å²) >= 11 is 0. The van der Waals surface area contributed by atoms with Crippen LogP contribution in [0.15, 0.2) is 36.9 Å². The highest BCUT2D eigenvalue weighted by Crippen LogP contribution is 2.07. The van der Waals surface area contributed by atoms with Gasteiger partial charge in [0, 0.05) is 30.6 Å². The predicted octanol–water partition coefficient (Wildman–Crippen LogP) is 1.06. The van der Waals surface area contributed by atoms with Crippen LogP contribution >= 0.6 is 0 Å². The Morgan fingerprint density at radius 3 is 3.25 bits per heavy atom. The maximum absolute atomic E-state index is 4.39. The molecular formula is C10H10N6. The minimum Gasteiger partial charge on any atom is -0.366 e. The molecule has 0 fully saturated rings. The molecule has 0 bridgehead atoms. The Morgan fingerprint density at radius 1 is 1.38 bits per heavy atom. The molecule has 0 aliphatic heterocycles. The molecule has 0 aliphatic carbocycles. The van der Waals surface area contributed by atoms with Crippen molar-refractivity contribution in [2.45, 2.75) is 6.54 Å². The summed E-state index contributed by atoms with van der Waals surface area (Å²) in [6.45, 7) is 0.702. The monoisotopic (exact) mass is 214 g/mol. The van der Waals surface area contributed by atoms with Crippen molar-refractivity contribution in [2.75, 3.05) is 5.32 Å². The molecule has 0 aliphatic rings. The predicted molar refractivity (Wildman–Crippen MR) is 58.9 cm³/mol. The van der Waals surface area contributed by atoms with E-state index in [0.29, 0.717) is 6.54 Å². The third kappa shape index (κ3) is 1.60. The minimum absolute atomic E-state index is 0.702. The number of anilines is 1. The van der Waals surface area contributed by atoms with Crippen molar-refractivity contribution in [1.82, 2.24) is 24.8 Å². The molecule has 0 atom stereocenters. The Balaban J connectivity index is 1.78. The number of aromatic amines is 1. The molecule has 80 valence electrons. The van der Waals surface area contributed by atoms with Crippen LogP contribution in [-0.4, -0.2) is 24.8 Å². The molecule has 0 saturated heterocycles. The van der Waals surface area contributed by atoms with Crippen LogP contribution in [0.5, 0.6) is 0 Å². The second-order valence-corrected chi connectivity index (χ2v) is 3.41. The fourth-order valence-corrected chi connectivity index (χ4v) is 1.48. The topological polar surface area (TPSA) is 70.9 Å². The maximum atomic E-state index is 4.39. The van der Waals surface area contributed by atoms with E-state index in [1.54, 1.807) is 16.9 Å². The van der Waals surface area contributed by atoms with Gasteiger partial charge in [-0.25, -0.2) is 9.50 Å². The van der Waals surface area contributed by atoms with Gasteiger partial charge in [-0.05, 0) is 6.07 Å². The maximum Gasteiger partial charge on any atom is 0.157 e. The lowest BCUT2D eigenvalue weighted by molar-refractivity contribution is 0.936. The van der Waals surface area contributed by atoms with Gasteiger partial charge < -0.3 is 5.32 Å². The highest BCUT2D eigenvalue weighted by molar-refractivity contribution is 5.45.